The maximum Gasteiger partial charge on any atom is 0.214 e. The number of unbranched alkanes of at least 4 members (excludes halogenated alkanes) is 1. The molecule has 4 nitrogen and oxygen atoms in total. The van der Waals surface area contributed by atoms with Crippen LogP contribution in [-0.4, -0.2) is 38.1 Å². The second-order valence-electron chi connectivity index (χ2n) is 4.77. The van der Waals surface area contributed by atoms with E-state index in [9.17, 15) is 8.42 Å². The monoisotopic (exact) mass is 234 g/mol. The van der Waals surface area contributed by atoms with E-state index in [-0.39, 0.29) is 11.2 Å². The Morgan fingerprint density at radius 3 is 2.60 bits per heavy atom. The number of nitrogens with two attached hydrogens (primary N) is 1. The van der Waals surface area contributed by atoms with Crippen molar-refractivity contribution in [3.05, 3.63) is 0 Å². The molecule has 1 heterocycles. The van der Waals surface area contributed by atoms with Crippen LogP contribution in [0.3, 0.4) is 0 Å². The van der Waals surface area contributed by atoms with Gasteiger partial charge in [0, 0.05) is 13.1 Å². The Kier molecular flexibility index (Phi) is 4.14. The predicted octanol–water partition coefficient (Wildman–Crippen LogP) is 0.787. The van der Waals surface area contributed by atoms with Crippen LogP contribution in [0.4, 0.5) is 0 Å². The Morgan fingerprint density at radius 2 is 2.13 bits per heavy atom. The molecule has 0 aromatic rings. The smallest absolute Gasteiger partial charge is 0.214 e. The molecule has 0 saturated carbocycles. The van der Waals surface area contributed by atoms with Gasteiger partial charge in [0.2, 0.25) is 10.0 Å². The lowest BCUT2D eigenvalue weighted by Crippen LogP contribution is -2.35. The average Bonchev–Trinajstić information content (AvgIpc) is 2.60. The van der Waals surface area contributed by atoms with Crippen LogP contribution in [0.15, 0.2) is 0 Å². The van der Waals surface area contributed by atoms with Gasteiger partial charge in [-0.15, -0.1) is 0 Å². The fourth-order valence-electron chi connectivity index (χ4n) is 1.84. The van der Waals surface area contributed by atoms with Crippen molar-refractivity contribution in [3.63, 3.8) is 0 Å². The lowest BCUT2D eigenvalue weighted by Gasteiger charge is -2.22. The Labute approximate surface area is 92.9 Å². The normalized spacial score (nSPS) is 28.5. The summed E-state index contributed by atoms with van der Waals surface area (Å²) in [4.78, 5) is 0. The Hall–Kier alpha value is -0.130. The first-order chi connectivity index (χ1) is 6.93. The lowest BCUT2D eigenvalue weighted by atomic mass is 9.90. The quantitative estimate of drug-likeness (QED) is 0.765. The number of hydrogen-bond acceptors (Lipinski definition) is 3. The molecule has 1 aliphatic rings. The molecular weight excluding hydrogens is 212 g/mol. The van der Waals surface area contributed by atoms with Crippen molar-refractivity contribution in [2.45, 2.75) is 33.1 Å². The molecule has 0 aliphatic carbocycles. The van der Waals surface area contributed by atoms with Crippen molar-refractivity contribution in [2.24, 2.45) is 11.1 Å². The number of hydrogen-bond donors (Lipinski definition) is 1. The fraction of sp³-hybridized carbons (Fsp3) is 1.00. The van der Waals surface area contributed by atoms with Crippen molar-refractivity contribution in [3.8, 4) is 0 Å². The second-order valence-corrected chi connectivity index (χ2v) is 6.86. The highest BCUT2D eigenvalue weighted by Crippen LogP contribution is 2.30. The zero-order valence-electron chi connectivity index (χ0n) is 9.70. The third-order valence-electron chi connectivity index (χ3n) is 3.16. The van der Waals surface area contributed by atoms with Gasteiger partial charge in [0.1, 0.15) is 0 Å². The van der Waals surface area contributed by atoms with Gasteiger partial charge in [0.05, 0.1) is 5.75 Å². The van der Waals surface area contributed by atoms with E-state index in [4.69, 9.17) is 5.73 Å². The summed E-state index contributed by atoms with van der Waals surface area (Å²) < 4.78 is 25.4. The van der Waals surface area contributed by atoms with Crippen LogP contribution in [0.25, 0.3) is 0 Å². The van der Waals surface area contributed by atoms with Crippen molar-refractivity contribution in [1.29, 1.82) is 0 Å². The van der Waals surface area contributed by atoms with Crippen LogP contribution in [0.2, 0.25) is 0 Å². The zero-order valence-corrected chi connectivity index (χ0v) is 10.5. The van der Waals surface area contributed by atoms with Gasteiger partial charge in [0.15, 0.2) is 0 Å². The van der Waals surface area contributed by atoms with Gasteiger partial charge in [-0.25, -0.2) is 12.7 Å². The third-order valence-corrected chi connectivity index (χ3v) is 5.07. The maximum atomic E-state index is 11.9. The standard InChI is InChI=1S/C10H22N2O2S/c1-3-4-7-15(13,14)12-6-5-10(2,8-11)9-12/h3-9,11H2,1-2H3. The van der Waals surface area contributed by atoms with Gasteiger partial charge in [0.25, 0.3) is 0 Å². The van der Waals surface area contributed by atoms with Gasteiger partial charge in [-0.1, -0.05) is 20.3 Å². The van der Waals surface area contributed by atoms with E-state index in [1.165, 1.54) is 0 Å². The molecule has 1 aliphatic heterocycles. The topological polar surface area (TPSA) is 63.4 Å². The van der Waals surface area contributed by atoms with Crippen molar-refractivity contribution in [1.82, 2.24) is 4.31 Å². The SMILES string of the molecule is CCCCS(=O)(=O)N1CCC(C)(CN)C1. The highest BCUT2D eigenvalue weighted by molar-refractivity contribution is 7.89. The van der Waals surface area contributed by atoms with Crippen LogP contribution in [-0.2, 0) is 10.0 Å². The summed E-state index contributed by atoms with van der Waals surface area (Å²) in [5, 5.41) is 0. The number of nitrogens with zero attached hydrogens (tertiary/aromatic N) is 1. The first-order valence-corrected chi connectivity index (χ1v) is 7.22. The fourth-order valence-corrected chi connectivity index (χ4v) is 3.63. The minimum atomic E-state index is -3.03. The Balaban J connectivity index is 2.60. The van der Waals surface area contributed by atoms with Gasteiger partial charge >= 0.3 is 0 Å². The molecule has 0 spiro atoms. The molecule has 1 saturated heterocycles. The largest absolute Gasteiger partial charge is 0.330 e. The molecule has 0 aromatic heterocycles. The Morgan fingerprint density at radius 1 is 1.47 bits per heavy atom. The first kappa shape index (κ1) is 12.9. The highest BCUT2D eigenvalue weighted by atomic mass is 32.2. The number of rotatable bonds is 5. The minimum absolute atomic E-state index is 0.0146. The minimum Gasteiger partial charge on any atom is -0.330 e. The molecule has 5 heteroatoms. The van der Waals surface area contributed by atoms with Crippen LogP contribution < -0.4 is 5.73 Å². The summed E-state index contributed by atoms with van der Waals surface area (Å²) in [6.45, 7) is 5.86. The molecule has 1 unspecified atom stereocenters. The molecule has 0 bridgehead atoms. The summed E-state index contributed by atoms with van der Waals surface area (Å²) in [5.41, 5.74) is 5.64. The van der Waals surface area contributed by atoms with E-state index < -0.39 is 10.0 Å². The molecule has 90 valence electrons. The molecule has 1 fully saturated rings. The predicted molar refractivity (Wildman–Crippen MR) is 62.0 cm³/mol. The molecule has 2 N–H and O–H groups in total. The molecular formula is C10H22N2O2S. The maximum absolute atomic E-state index is 11.9. The van der Waals surface area contributed by atoms with Crippen LogP contribution in [0.1, 0.15) is 33.1 Å². The van der Waals surface area contributed by atoms with E-state index >= 15 is 0 Å². The number of sulfonamides is 1. The van der Waals surface area contributed by atoms with E-state index in [2.05, 4.69) is 6.92 Å². The zero-order chi connectivity index (χ0) is 11.5. The van der Waals surface area contributed by atoms with Crippen molar-refractivity contribution in [2.75, 3.05) is 25.4 Å². The van der Waals surface area contributed by atoms with Crippen LogP contribution in [0.5, 0.6) is 0 Å². The lowest BCUT2D eigenvalue weighted by molar-refractivity contribution is 0.349. The second kappa shape index (κ2) is 4.80. The highest BCUT2D eigenvalue weighted by Gasteiger charge is 2.37. The molecule has 1 atom stereocenters. The van der Waals surface area contributed by atoms with Gasteiger partial charge in [-0.2, -0.15) is 0 Å². The summed E-state index contributed by atoms with van der Waals surface area (Å²) in [7, 11) is -3.03. The van der Waals surface area contributed by atoms with E-state index in [0.717, 1.165) is 19.3 Å². The van der Waals surface area contributed by atoms with Crippen molar-refractivity contribution < 1.29 is 8.42 Å². The summed E-state index contributed by atoms with van der Waals surface area (Å²) in [5.74, 6) is 0.282. The average molecular weight is 234 g/mol. The first-order valence-electron chi connectivity index (χ1n) is 5.61. The third kappa shape index (κ3) is 3.16. The summed E-state index contributed by atoms with van der Waals surface area (Å²) in [6, 6.07) is 0. The molecule has 15 heavy (non-hydrogen) atoms. The van der Waals surface area contributed by atoms with Gasteiger partial charge < -0.3 is 5.73 Å². The van der Waals surface area contributed by atoms with E-state index in [0.29, 0.717) is 19.6 Å². The van der Waals surface area contributed by atoms with Gasteiger partial charge in [-0.3, -0.25) is 0 Å². The summed E-state index contributed by atoms with van der Waals surface area (Å²) in [6.07, 6.45) is 2.55. The van der Waals surface area contributed by atoms with E-state index in [1.54, 1.807) is 4.31 Å². The van der Waals surface area contributed by atoms with Gasteiger partial charge in [-0.05, 0) is 24.8 Å². The van der Waals surface area contributed by atoms with E-state index in [1.807, 2.05) is 6.92 Å². The molecule has 0 aromatic carbocycles. The van der Waals surface area contributed by atoms with Crippen molar-refractivity contribution >= 4 is 10.0 Å². The molecule has 0 amide bonds. The Bertz CT molecular complexity index is 303. The summed E-state index contributed by atoms with van der Waals surface area (Å²) >= 11 is 0. The van der Waals surface area contributed by atoms with Crippen LogP contribution in [0, 0.1) is 5.41 Å². The molecule has 1 rings (SSSR count). The van der Waals surface area contributed by atoms with Crippen LogP contribution >= 0.6 is 0 Å². The molecule has 0 radical (unpaired) electrons.